The second-order valence-corrected chi connectivity index (χ2v) is 10.7. The van der Waals surface area contributed by atoms with Crippen LogP contribution in [0.2, 0.25) is 0 Å². The van der Waals surface area contributed by atoms with E-state index in [-0.39, 0.29) is 40.8 Å². The van der Waals surface area contributed by atoms with Crippen molar-refractivity contribution in [1.82, 2.24) is 0 Å². The topological polar surface area (TPSA) is 86.2 Å². The Hall–Kier alpha value is 1.46. The SMILES string of the molecule is O=P([O-])([O-])[O-].[CH2-]CCCCCCCCCCCCCCCCCCCCCCCCCCC.[Nd+3]. The molecule has 6 heteroatoms. The van der Waals surface area contributed by atoms with Crippen LogP contribution in [-0.4, -0.2) is 0 Å². The van der Waals surface area contributed by atoms with Crippen molar-refractivity contribution >= 4 is 7.82 Å². The maximum Gasteiger partial charge on any atom is 3.00 e. The van der Waals surface area contributed by atoms with Crippen molar-refractivity contribution < 1.29 is 60.1 Å². The molecule has 0 fully saturated rings. The van der Waals surface area contributed by atoms with E-state index < -0.39 is 7.82 Å². The van der Waals surface area contributed by atoms with Crippen LogP contribution < -0.4 is 14.7 Å². The fraction of sp³-hybridized carbons (Fsp3) is 0.964. The first-order valence-corrected chi connectivity index (χ1v) is 15.9. The zero-order chi connectivity index (χ0) is 24.9. The molecule has 0 heterocycles. The second-order valence-electron chi connectivity index (χ2n) is 9.79. The number of rotatable bonds is 25. The normalized spacial score (nSPS) is 11.1. The third-order valence-electron chi connectivity index (χ3n) is 6.35. The molecule has 34 heavy (non-hydrogen) atoms. The minimum atomic E-state index is -5.39. The molecule has 0 spiro atoms. The summed E-state index contributed by atoms with van der Waals surface area (Å²) in [5.74, 6) is 0. The van der Waals surface area contributed by atoms with Crippen LogP contribution in [0.15, 0.2) is 0 Å². The van der Waals surface area contributed by atoms with Gasteiger partial charge in [0.05, 0.1) is 0 Å². The van der Waals surface area contributed by atoms with Crippen molar-refractivity contribution in [2.45, 2.75) is 174 Å². The minimum Gasteiger partial charge on any atom is -0.822 e. The van der Waals surface area contributed by atoms with E-state index >= 15 is 0 Å². The fourth-order valence-electron chi connectivity index (χ4n) is 4.32. The zero-order valence-corrected chi connectivity index (χ0v) is 26.8. The summed E-state index contributed by atoms with van der Waals surface area (Å²) in [7, 11) is -5.39. The number of phosphoric acid groups is 1. The Morgan fingerprint density at radius 1 is 0.441 bits per heavy atom. The van der Waals surface area contributed by atoms with Crippen LogP contribution in [0.5, 0.6) is 0 Å². The summed E-state index contributed by atoms with van der Waals surface area (Å²) in [6, 6.07) is 0. The Balaban J connectivity index is -0.00000144. The van der Waals surface area contributed by atoms with Gasteiger partial charge in [0.15, 0.2) is 0 Å². The first-order chi connectivity index (χ1) is 15.9. The summed E-state index contributed by atoms with van der Waals surface area (Å²) in [6.45, 7) is 6.22. The molecule has 0 aliphatic rings. The molecular formula is C28H57NdO4P-. The molecular weight excluding hydrogens is 576 g/mol. The van der Waals surface area contributed by atoms with Crippen molar-refractivity contribution in [3.05, 3.63) is 6.92 Å². The smallest absolute Gasteiger partial charge is 0.822 e. The van der Waals surface area contributed by atoms with E-state index in [1.54, 1.807) is 0 Å². The Morgan fingerprint density at radius 3 is 0.735 bits per heavy atom. The van der Waals surface area contributed by atoms with E-state index in [1.807, 2.05) is 0 Å². The quantitative estimate of drug-likeness (QED) is 0.0577. The monoisotopic (exact) mass is 630 g/mol. The largest absolute Gasteiger partial charge is 3.00 e. The van der Waals surface area contributed by atoms with Gasteiger partial charge in [-0.1, -0.05) is 167 Å². The molecule has 203 valence electrons. The molecule has 1 radical (unpaired) electrons. The Kier molecular flexibility index (Phi) is 40.5. The van der Waals surface area contributed by atoms with Gasteiger partial charge in [-0.15, -0.1) is 0 Å². The molecule has 0 saturated heterocycles. The molecule has 0 N–H and O–H groups in total. The van der Waals surface area contributed by atoms with Crippen molar-refractivity contribution in [2.75, 3.05) is 0 Å². The van der Waals surface area contributed by atoms with Crippen molar-refractivity contribution in [2.24, 2.45) is 0 Å². The van der Waals surface area contributed by atoms with Gasteiger partial charge in [-0.2, -0.15) is 14.2 Å². The molecule has 0 aliphatic carbocycles. The molecule has 0 amide bonds. The van der Waals surface area contributed by atoms with Gasteiger partial charge in [0.1, 0.15) is 0 Å². The van der Waals surface area contributed by atoms with Gasteiger partial charge in [-0.25, -0.2) is 0 Å². The van der Waals surface area contributed by atoms with E-state index in [0.717, 1.165) is 6.42 Å². The molecule has 0 bridgehead atoms. The van der Waals surface area contributed by atoms with Crippen molar-refractivity contribution in [3.8, 4) is 0 Å². The van der Waals surface area contributed by atoms with E-state index in [9.17, 15) is 0 Å². The van der Waals surface area contributed by atoms with Crippen LogP contribution in [0.25, 0.3) is 0 Å². The van der Waals surface area contributed by atoms with E-state index in [4.69, 9.17) is 19.2 Å². The predicted molar refractivity (Wildman–Crippen MR) is 139 cm³/mol. The first kappa shape index (κ1) is 40.0. The summed E-state index contributed by atoms with van der Waals surface area (Å²) in [4.78, 5) is 25.6. The van der Waals surface area contributed by atoms with E-state index in [2.05, 4.69) is 13.8 Å². The van der Waals surface area contributed by atoms with Gasteiger partial charge in [0.2, 0.25) is 0 Å². The van der Waals surface area contributed by atoms with E-state index in [0.29, 0.717) is 0 Å². The average Bonchev–Trinajstić information content (AvgIpc) is 2.75. The van der Waals surface area contributed by atoms with Gasteiger partial charge in [0, 0.05) is 0 Å². The van der Waals surface area contributed by atoms with Gasteiger partial charge in [0.25, 0.3) is 0 Å². The summed E-state index contributed by atoms with van der Waals surface area (Å²) < 4.78 is 8.55. The molecule has 0 atom stereocenters. The van der Waals surface area contributed by atoms with Crippen molar-refractivity contribution in [3.63, 3.8) is 0 Å². The van der Waals surface area contributed by atoms with Gasteiger partial charge >= 0.3 is 40.8 Å². The molecule has 0 unspecified atom stereocenters. The van der Waals surface area contributed by atoms with Crippen LogP contribution >= 0.6 is 7.82 Å². The van der Waals surface area contributed by atoms with E-state index in [1.165, 1.54) is 161 Å². The molecule has 0 aliphatic heterocycles. The zero-order valence-electron chi connectivity index (χ0n) is 22.7. The van der Waals surface area contributed by atoms with Crippen LogP contribution in [0.1, 0.15) is 174 Å². The molecule has 0 rings (SSSR count). The Bertz CT molecular complexity index is 356. The van der Waals surface area contributed by atoms with Crippen LogP contribution in [0.3, 0.4) is 0 Å². The van der Waals surface area contributed by atoms with Crippen molar-refractivity contribution in [1.29, 1.82) is 0 Å². The maximum absolute atomic E-state index is 8.55. The van der Waals surface area contributed by atoms with Gasteiger partial charge in [-0.3, -0.25) is 0 Å². The molecule has 0 saturated carbocycles. The third-order valence-corrected chi connectivity index (χ3v) is 6.35. The molecule has 0 aromatic carbocycles. The van der Waals surface area contributed by atoms with Gasteiger partial charge < -0.3 is 26.2 Å². The number of unbranched alkanes of at least 4 members (excludes halogenated alkanes) is 25. The molecule has 0 aromatic heterocycles. The standard InChI is InChI=1S/C28H57.Nd.H3O4P/c1-3-5-7-9-11-13-15-17-19-21-23-25-27-28-26-24-22-20-18-16-14-12-10-8-6-4-2;;1-5(2,3)4/h1,3-28H2,2H3;;(H3,1,2,3,4)/q-1;+3;/p-3. The summed E-state index contributed by atoms with van der Waals surface area (Å²) >= 11 is 0. The summed E-state index contributed by atoms with van der Waals surface area (Å²) in [6.07, 6.45) is 37.8. The Labute approximate surface area is 247 Å². The average molecular weight is 633 g/mol. The second kappa shape index (κ2) is 34.5. The fourth-order valence-corrected chi connectivity index (χ4v) is 4.32. The number of hydrogen-bond donors (Lipinski definition) is 0. The first-order valence-electron chi connectivity index (χ1n) is 14.4. The molecule has 0 aromatic rings. The number of hydrogen-bond acceptors (Lipinski definition) is 4. The minimum absolute atomic E-state index is 0. The van der Waals surface area contributed by atoms with Crippen LogP contribution in [0.4, 0.5) is 0 Å². The summed E-state index contributed by atoms with van der Waals surface area (Å²) in [5, 5.41) is 0. The third kappa shape index (κ3) is 50.4. The van der Waals surface area contributed by atoms with Crippen LogP contribution in [-0.2, 0) is 4.57 Å². The van der Waals surface area contributed by atoms with Crippen LogP contribution in [0, 0.1) is 47.8 Å². The molecule has 4 nitrogen and oxygen atoms in total. The maximum atomic E-state index is 8.55. The summed E-state index contributed by atoms with van der Waals surface area (Å²) in [5.41, 5.74) is 0. The Morgan fingerprint density at radius 2 is 0.588 bits per heavy atom. The predicted octanol–water partition coefficient (Wildman–Crippen LogP) is 8.16. The van der Waals surface area contributed by atoms with Gasteiger partial charge in [-0.05, 0) is 0 Å².